The molecule has 1 fully saturated rings. The molecule has 126 valence electrons. The van der Waals surface area contributed by atoms with E-state index in [2.05, 4.69) is 21.2 Å². The molecule has 1 aromatic rings. The van der Waals surface area contributed by atoms with Crippen molar-refractivity contribution in [2.45, 2.75) is 37.1 Å². The zero-order valence-electron chi connectivity index (χ0n) is 12.4. The maximum Gasteiger partial charge on any atom is 0.246 e. The highest BCUT2D eigenvalue weighted by atomic mass is 79.9. The van der Waals surface area contributed by atoms with Crippen molar-refractivity contribution in [1.29, 1.82) is 0 Å². The first-order chi connectivity index (χ1) is 9.96. The lowest BCUT2D eigenvalue weighted by molar-refractivity contribution is 0.261. The van der Waals surface area contributed by atoms with Gasteiger partial charge in [-0.2, -0.15) is 4.31 Å². The van der Waals surface area contributed by atoms with Crippen LogP contribution in [-0.4, -0.2) is 38.4 Å². The Morgan fingerprint density at radius 1 is 1.36 bits per heavy atom. The van der Waals surface area contributed by atoms with Gasteiger partial charge in [0.05, 0.1) is 0 Å². The first-order valence-corrected chi connectivity index (χ1v) is 9.37. The molecule has 4 nitrogen and oxygen atoms in total. The van der Waals surface area contributed by atoms with Crippen molar-refractivity contribution in [3.8, 4) is 0 Å². The topological polar surface area (TPSA) is 49.4 Å². The van der Waals surface area contributed by atoms with Crippen LogP contribution in [0, 0.1) is 5.82 Å². The second kappa shape index (κ2) is 8.59. The minimum absolute atomic E-state index is 0. The van der Waals surface area contributed by atoms with Gasteiger partial charge in [-0.25, -0.2) is 12.8 Å². The molecule has 0 radical (unpaired) electrons. The van der Waals surface area contributed by atoms with Gasteiger partial charge in [0.25, 0.3) is 0 Å². The molecule has 0 atom stereocenters. The zero-order valence-corrected chi connectivity index (χ0v) is 15.6. The Labute approximate surface area is 146 Å². The number of hydrogen-bond acceptors (Lipinski definition) is 3. The molecule has 0 amide bonds. The smallest absolute Gasteiger partial charge is 0.246 e. The molecule has 0 saturated carbocycles. The number of nitrogens with one attached hydrogen (secondary N) is 1. The van der Waals surface area contributed by atoms with Crippen molar-refractivity contribution in [3.05, 3.63) is 28.5 Å². The van der Waals surface area contributed by atoms with Crippen LogP contribution < -0.4 is 5.32 Å². The van der Waals surface area contributed by atoms with Crippen LogP contribution in [0.1, 0.15) is 26.2 Å². The molecule has 1 heterocycles. The van der Waals surface area contributed by atoms with E-state index < -0.39 is 15.8 Å². The van der Waals surface area contributed by atoms with Gasteiger partial charge in [0.2, 0.25) is 10.0 Å². The van der Waals surface area contributed by atoms with Crippen LogP contribution in [0.2, 0.25) is 0 Å². The van der Waals surface area contributed by atoms with E-state index in [4.69, 9.17) is 0 Å². The lowest BCUT2D eigenvalue weighted by atomic mass is 10.1. The number of rotatable bonds is 5. The van der Waals surface area contributed by atoms with Crippen molar-refractivity contribution in [1.82, 2.24) is 9.62 Å². The molecule has 1 N–H and O–H groups in total. The van der Waals surface area contributed by atoms with E-state index in [0.717, 1.165) is 25.9 Å². The Morgan fingerprint density at radius 3 is 2.55 bits per heavy atom. The van der Waals surface area contributed by atoms with E-state index >= 15 is 0 Å². The standard InChI is InChI=1S/C14H20BrFN2O2S.ClH/c1-2-9-18(12-5-7-17-8-6-12)21(19,20)14-4-3-11(15)10-13(14)16;/h3-4,10,12,17H,2,5-9H2,1H3;1H. The van der Waals surface area contributed by atoms with Crippen LogP contribution in [0.25, 0.3) is 0 Å². The maximum atomic E-state index is 14.1. The van der Waals surface area contributed by atoms with Crippen LogP contribution >= 0.6 is 28.3 Å². The highest BCUT2D eigenvalue weighted by Crippen LogP contribution is 2.26. The Balaban J connectivity index is 0.00000242. The van der Waals surface area contributed by atoms with Gasteiger partial charge in [0.15, 0.2) is 0 Å². The summed E-state index contributed by atoms with van der Waals surface area (Å²) >= 11 is 3.15. The SMILES string of the molecule is CCCN(C1CCNCC1)S(=O)(=O)c1ccc(Br)cc1F.Cl. The van der Waals surface area contributed by atoms with Crippen LogP contribution in [0.4, 0.5) is 4.39 Å². The lowest BCUT2D eigenvalue weighted by Gasteiger charge is -2.33. The summed E-state index contributed by atoms with van der Waals surface area (Å²) in [7, 11) is -3.80. The van der Waals surface area contributed by atoms with Crippen LogP contribution in [-0.2, 0) is 10.0 Å². The van der Waals surface area contributed by atoms with Crippen molar-refractivity contribution >= 4 is 38.4 Å². The number of sulfonamides is 1. The summed E-state index contributed by atoms with van der Waals surface area (Å²) < 4.78 is 41.7. The van der Waals surface area contributed by atoms with Gasteiger partial charge in [0.1, 0.15) is 10.7 Å². The summed E-state index contributed by atoms with van der Waals surface area (Å²) in [5.74, 6) is -0.709. The monoisotopic (exact) mass is 414 g/mol. The molecule has 2 rings (SSSR count). The fourth-order valence-corrected chi connectivity index (χ4v) is 4.78. The van der Waals surface area contributed by atoms with E-state index in [9.17, 15) is 12.8 Å². The summed E-state index contributed by atoms with van der Waals surface area (Å²) in [6, 6.07) is 4.03. The molecule has 1 aromatic carbocycles. The van der Waals surface area contributed by atoms with E-state index in [1.807, 2.05) is 6.92 Å². The first kappa shape index (κ1) is 19.8. The van der Waals surface area contributed by atoms with Crippen LogP contribution in [0.15, 0.2) is 27.6 Å². The normalized spacial score (nSPS) is 16.5. The predicted octanol–water partition coefficient (Wildman–Crippen LogP) is 3.16. The van der Waals surface area contributed by atoms with Crippen LogP contribution in [0.3, 0.4) is 0 Å². The summed E-state index contributed by atoms with van der Waals surface area (Å²) in [5.41, 5.74) is 0. The highest BCUT2D eigenvalue weighted by Gasteiger charge is 2.33. The highest BCUT2D eigenvalue weighted by molar-refractivity contribution is 9.10. The van der Waals surface area contributed by atoms with E-state index in [1.165, 1.54) is 16.4 Å². The quantitative estimate of drug-likeness (QED) is 0.803. The fourth-order valence-electron chi connectivity index (χ4n) is 2.62. The Bertz CT molecular complexity index is 595. The third kappa shape index (κ3) is 4.41. The minimum Gasteiger partial charge on any atom is -0.317 e. The van der Waals surface area contributed by atoms with Crippen LogP contribution in [0.5, 0.6) is 0 Å². The molecular weight excluding hydrogens is 395 g/mol. The van der Waals surface area contributed by atoms with Gasteiger partial charge < -0.3 is 5.32 Å². The average molecular weight is 416 g/mol. The molecule has 1 aliphatic heterocycles. The second-order valence-electron chi connectivity index (χ2n) is 5.17. The third-order valence-electron chi connectivity index (χ3n) is 3.64. The van der Waals surface area contributed by atoms with Crippen molar-refractivity contribution in [2.24, 2.45) is 0 Å². The maximum absolute atomic E-state index is 14.1. The van der Waals surface area contributed by atoms with E-state index in [1.54, 1.807) is 6.07 Å². The van der Waals surface area contributed by atoms with E-state index in [-0.39, 0.29) is 23.3 Å². The third-order valence-corrected chi connectivity index (χ3v) is 6.12. The number of piperidine rings is 1. The second-order valence-corrected chi connectivity index (χ2v) is 7.95. The van der Waals surface area contributed by atoms with Gasteiger partial charge in [-0.05, 0) is 50.6 Å². The van der Waals surface area contributed by atoms with Crippen molar-refractivity contribution < 1.29 is 12.8 Å². The first-order valence-electron chi connectivity index (χ1n) is 7.14. The zero-order chi connectivity index (χ0) is 15.5. The van der Waals surface area contributed by atoms with Gasteiger partial charge in [-0.3, -0.25) is 0 Å². The van der Waals surface area contributed by atoms with Gasteiger partial charge >= 0.3 is 0 Å². The molecular formula is C14H21BrClFN2O2S. The lowest BCUT2D eigenvalue weighted by Crippen LogP contribution is -2.46. The molecule has 1 aliphatic rings. The number of nitrogens with zero attached hydrogens (tertiary/aromatic N) is 1. The van der Waals surface area contributed by atoms with E-state index in [0.29, 0.717) is 17.4 Å². The molecule has 0 bridgehead atoms. The number of halogens is 3. The molecule has 0 aromatic heterocycles. The number of benzene rings is 1. The Morgan fingerprint density at radius 2 is 2.00 bits per heavy atom. The Hall–Kier alpha value is -0.210. The molecule has 0 spiro atoms. The average Bonchev–Trinajstić information content (AvgIpc) is 2.45. The van der Waals surface area contributed by atoms with Gasteiger partial charge in [-0.1, -0.05) is 22.9 Å². The molecule has 0 aliphatic carbocycles. The summed E-state index contributed by atoms with van der Waals surface area (Å²) in [5, 5.41) is 3.22. The van der Waals surface area contributed by atoms with Gasteiger partial charge in [0, 0.05) is 17.1 Å². The molecule has 0 unspecified atom stereocenters. The summed E-state index contributed by atoms with van der Waals surface area (Å²) in [6.45, 7) is 3.94. The molecule has 1 saturated heterocycles. The van der Waals surface area contributed by atoms with Crippen molar-refractivity contribution in [3.63, 3.8) is 0 Å². The van der Waals surface area contributed by atoms with Gasteiger partial charge in [-0.15, -0.1) is 12.4 Å². The minimum atomic E-state index is -3.80. The predicted molar refractivity (Wildman–Crippen MR) is 91.4 cm³/mol. The molecule has 8 heteroatoms. The summed E-state index contributed by atoms with van der Waals surface area (Å²) in [6.07, 6.45) is 2.23. The largest absolute Gasteiger partial charge is 0.317 e. The summed E-state index contributed by atoms with van der Waals surface area (Å²) in [4.78, 5) is -0.238. The molecule has 22 heavy (non-hydrogen) atoms. The Kier molecular flexibility index (Phi) is 7.74. The fraction of sp³-hybridized carbons (Fsp3) is 0.571. The number of hydrogen-bond donors (Lipinski definition) is 1. The van der Waals surface area contributed by atoms with Crippen molar-refractivity contribution in [2.75, 3.05) is 19.6 Å².